The van der Waals surface area contributed by atoms with Crippen molar-refractivity contribution in [2.75, 3.05) is 43.7 Å². The number of benzene rings is 5. The van der Waals surface area contributed by atoms with Crippen molar-refractivity contribution in [3.8, 4) is 22.6 Å². The van der Waals surface area contributed by atoms with Crippen LogP contribution >= 0.6 is 11.8 Å². The summed E-state index contributed by atoms with van der Waals surface area (Å²) in [5, 5.41) is 2.31. The van der Waals surface area contributed by atoms with Gasteiger partial charge in [0.1, 0.15) is 11.5 Å². The van der Waals surface area contributed by atoms with Crippen molar-refractivity contribution in [1.82, 2.24) is 4.90 Å². The number of rotatable bonds is 4. The number of ether oxygens (including phenoxy) is 2. The lowest BCUT2D eigenvalue weighted by molar-refractivity contribution is -0.0318. The van der Waals surface area contributed by atoms with Gasteiger partial charge in [0.15, 0.2) is 5.60 Å². The largest absolute Gasteiger partial charge is 0.497 e. The van der Waals surface area contributed by atoms with E-state index in [2.05, 4.69) is 154 Å². The molecule has 5 aromatic carbocycles. The van der Waals surface area contributed by atoms with Crippen molar-refractivity contribution in [2.45, 2.75) is 62.6 Å². The molecule has 1 atom stereocenters. The van der Waals surface area contributed by atoms with Crippen LogP contribution in [-0.4, -0.2) is 54.7 Å². The van der Waals surface area contributed by atoms with Crippen LogP contribution in [0.5, 0.6) is 11.5 Å². The first-order valence-electron chi connectivity index (χ1n) is 18.5. The van der Waals surface area contributed by atoms with E-state index in [1.165, 1.54) is 50.4 Å². The predicted molar refractivity (Wildman–Crippen MR) is 215 cm³/mol. The summed E-state index contributed by atoms with van der Waals surface area (Å²) in [6.45, 7) is 11.9. The quantitative estimate of drug-likeness (QED) is 0.187. The summed E-state index contributed by atoms with van der Waals surface area (Å²) >= 11 is 2.04. The van der Waals surface area contributed by atoms with Crippen molar-refractivity contribution >= 4 is 34.3 Å². The Bertz CT molecular complexity index is 2160. The number of piperidine rings is 1. The van der Waals surface area contributed by atoms with Gasteiger partial charge in [0, 0.05) is 68.9 Å². The van der Waals surface area contributed by atoms with Gasteiger partial charge in [-0.1, -0.05) is 72.8 Å². The van der Waals surface area contributed by atoms with Crippen molar-refractivity contribution in [3.63, 3.8) is 0 Å². The number of anilines is 1. The third-order valence-corrected chi connectivity index (χ3v) is 13.5. The molecule has 4 nitrogen and oxygen atoms in total. The fraction of sp³-hybridized carbons (Fsp3) is 0.348. The number of methoxy groups -OCH3 is 1. The molecule has 0 saturated carbocycles. The van der Waals surface area contributed by atoms with E-state index in [-0.39, 0.29) is 16.5 Å². The topological polar surface area (TPSA) is 24.9 Å². The third kappa shape index (κ3) is 4.84. The molecule has 51 heavy (non-hydrogen) atoms. The van der Waals surface area contributed by atoms with Crippen LogP contribution in [-0.2, 0) is 11.0 Å². The highest BCUT2D eigenvalue weighted by Gasteiger charge is 2.57. The molecule has 1 spiro atoms. The molecule has 0 aromatic heterocycles. The zero-order chi connectivity index (χ0) is 35.2. The molecule has 2 fully saturated rings. The summed E-state index contributed by atoms with van der Waals surface area (Å²) in [6.07, 6.45) is 6.79. The van der Waals surface area contributed by atoms with E-state index in [4.69, 9.17) is 9.47 Å². The lowest BCUT2D eigenvalue weighted by atomic mass is 9.59. The Morgan fingerprint density at radius 3 is 2.12 bits per heavy atom. The van der Waals surface area contributed by atoms with Crippen molar-refractivity contribution in [2.24, 2.45) is 0 Å². The van der Waals surface area contributed by atoms with Crippen LogP contribution < -0.4 is 14.4 Å². The summed E-state index contributed by atoms with van der Waals surface area (Å²) in [7, 11) is 4.06. The molecule has 0 radical (unpaired) electrons. The highest BCUT2D eigenvalue weighted by molar-refractivity contribution is 7.99. The minimum Gasteiger partial charge on any atom is -0.497 e. The molecule has 9 rings (SSSR count). The second kappa shape index (κ2) is 11.7. The monoisotopic (exact) mass is 692 g/mol. The zero-order valence-corrected chi connectivity index (χ0v) is 31.6. The van der Waals surface area contributed by atoms with Crippen LogP contribution in [0.3, 0.4) is 0 Å². The summed E-state index contributed by atoms with van der Waals surface area (Å²) in [4.78, 5) is 5.11. The smallest absolute Gasteiger partial charge is 0.178 e. The average molecular weight is 693 g/mol. The van der Waals surface area contributed by atoms with Gasteiger partial charge in [-0.15, -0.1) is 0 Å². The normalized spacial score (nSPS) is 22.7. The standard InChI is InChI=1S/C46H48N2O2S/c1-43(2)29-45(30-44(3,4)47(43)5)39-15-11-10-14-36(39)40-35-21-20-34(49-6)28-38(35)42-37(41(40)45)22-23-46(50-42,31-12-8-7-9-13-31)32-16-18-33(19-17-32)48-24-26-51-27-25-48/h7-23,28H,24-27,29-30H2,1-6H3. The molecule has 0 bridgehead atoms. The lowest BCUT2D eigenvalue weighted by Gasteiger charge is -2.58. The van der Waals surface area contributed by atoms with E-state index in [1.807, 2.05) is 11.8 Å². The molecular weight excluding hydrogens is 645 g/mol. The molecular formula is C46H48N2O2S. The number of hydrogen-bond donors (Lipinski definition) is 0. The van der Waals surface area contributed by atoms with Gasteiger partial charge in [0.2, 0.25) is 0 Å². The number of fused-ring (bicyclic) bond motifs is 10. The summed E-state index contributed by atoms with van der Waals surface area (Å²) in [5.74, 6) is 4.12. The Morgan fingerprint density at radius 1 is 0.745 bits per heavy atom. The van der Waals surface area contributed by atoms with Gasteiger partial charge < -0.3 is 14.4 Å². The first kappa shape index (κ1) is 32.7. The SMILES string of the molecule is COc1ccc2c3c(c4c(c2c1)OC(c1ccccc1)(c1ccc(N2CCSCC2)cc1)C=C4)C1(CC(C)(C)N(C)C(C)(C)C1)c1ccccc1-3. The van der Waals surface area contributed by atoms with E-state index in [9.17, 15) is 0 Å². The van der Waals surface area contributed by atoms with E-state index in [0.29, 0.717) is 0 Å². The molecule has 0 N–H and O–H groups in total. The van der Waals surface area contributed by atoms with Crippen molar-refractivity contribution in [1.29, 1.82) is 0 Å². The third-order valence-electron chi connectivity index (χ3n) is 12.6. The van der Waals surface area contributed by atoms with Gasteiger partial charge in [0.05, 0.1) is 7.11 Å². The van der Waals surface area contributed by atoms with Gasteiger partial charge in [-0.25, -0.2) is 0 Å². The summed E-state index contributed by atoms with van der Waals surface area (Å²) in [6, 6.07) is 35.7. The van der Waals surface area contributed by atoms with Crippen LogP contribution in [0.1, 0.15) is 68.4 Å². The second-order valence-corrected chi connectivity index (χ2v) is 17.5. The fourth-order valence-corrected chi connectivity index (χ4v) is 11.0. The second-order valence-electron chi connectivity index (χ2n) is 16.3. The summed E-state index contributed by atoms with van der Waals surface area (Å²) in [5.41, 5.74) is 9.24. The van der Waals surface area contributed by atoms with Gasteiger partial charge >= 0.3 is 0 Å². The number of thioether (sulfide) groups is 1. The first-order chi connectivity index (χ1) is 24.6. The highest BCUT2D eigenvalue weighted by Crippen LogP contribution is 2.64. The number of likely N-dealkylation sites (tertiary alicyclic amines) is 1. The molecule has 5 heteroatoms. The van der Waals surface area contributed by atoms with E-state index >= 15 is 0 Å². The molecule has 2 saturated heterocycles. The van der Waals surface area contributed by atoms with Crippen LogP contribution in [0.4, 0.5) is 5.69 Å². The molecule has 3 aliphatic heterocycles. The summed E-state index contributed by atoms with van der Waals surface area (Å²) < 4.78 is 13.6. The van der Waals surface area contributed by atoms with Gasteiger partial charge in [-0.2, -0.15) is 11.8 Å². The Morgan fingerprint density at radius 2 is 1.41 bits per heavy atom. The lowest BCUT2D eigenvalue weighted by Crippen LogP contribution is -2.62. The maximum absolute atomic E-state index is 7.70. The first-order valence-corrected chi connectivity index (χ1v) is 19.6. The van der Waals surface area contributed by atoms with Gasteiger partial charge in [-0.3, -0.25) is 4.90 Å². The Hall–Kier alpha value is -4.19. The minimum atomic E-state index is -0.807. The van der Waals surface area contributed by atoms with Crippen LogP contribution in [0.15, 0.2) is 103 Å². The minimum absolute atomic E-state index is 0.0277. The fourth-order valence-electron chi connectivity index (χ4n) is 10.1. The Labute approximate surface area is 307 Å². The van der Waals surface area contributed by atoms with Crippen molar-refractivity contribution < 1.29 is 9.47 Å². The number of hydrogen-bond acceptors (Lipinski definition) is 5. The molecule has 5 aromatic rings. The average Bonchev–Trinajstić information content (AvgIpc) is 3.42. The van der Waals surface area contributed by atoms with E-state index in [1.54, 1.807) is 7.11 Å². The van der Waals surface area contributed by atoms with Gasteiger partial charge in [-0.05, 0) is 112 Å². The zero-order valence-electron chi connectivity index (χ0n) is 30.8. The number of nitrogens with zero attached hydrogens (tertiary/aromatic N) is 2. The predicted octanol–water partition coefficient (Wildman–Crippen LogP) is 10.3. The molecule has 1 unspecified atom stereocenters. The van der Waals surface area contributed by atoms with E-state index in [0.717, 1.165) is 53.9 Å². The van der Waals surface area contributed by atoms with E-state index < -0.39 is 5.60 Å². The Kier molecular flexibility index (Phi) is 7.48. The van der Waals surface area contributed by atoms with Gasteiger partial charge in [0.25, 0.3) is 0 Å². The maximum atomic E-state index is 7.70. The van der Waals surface area contributed by atoms with Crippen LogP contribution in [0.25, 0.3) is 28.0 Å². The molecule has 1 aliphatic carbocycles. The molecule has 260 valence electrons. The van der Waals surface area contributed by atoms with Crippen molar-refractivity contribution in [3.05, 3.63) is 131 Å². The van der Waals surface area contributed by atoms with Crippen LogP contribution in [0.2, 0.25) is 0 Å². The molecule has 0 amide bonds. The highest BCUT2D eigenvalue weighted by atomic mass is 32.2. The maximum Gasteiger partial charge on any atom is 0.178 e. The molecule has 4 aliphatic rings. The Balaban J connectivity index is 1.32. The van der Waals surface area contributed by atoms with Crippen LogP contribution in [0, 0.1) is 0 Å². The molecule has 3 heterocycles.